The van der Waals surface area contributed by atoms with Crippen molar-refractivity contribution in [2.45, 2.75) is 64.3 Å². The predicted octanol–water partition coefficient (Wildman–Crippen LogP) is 2.30. The van der Waals surface area contributed by atoms with Crippen LogP contribution in [-0.2, 0) is 4.79 Å². The van der Waals surface area contributed by atoms with E-state index in [4.69, 9.17) is 5.73 Å². The van der Waals surface area contributed by atoms with Gasteiger partial charge < -0.3 is 10.6 Å². The van der Waals surface area contributed by atoms with Gasteiger partial charge in [-0.2, -0.15) is 0 Å². The normalized spacial score (nSPS) is 16.2. The Bertz CT molecular complexity index is 200. The maximum atomic E-state index is 11.6. The quantitative estimate of drug-likeness (QED) is 0.645. The van der Waals surface area contributed by atoms with Crippen LogP contribution in [0.2, 0.25) is 0 Å². The van der Waals surface area contributed by atoms with Gasteiger partial charge in [-0.05, 0) is 6.42 Å². The Hall–Kier alpha value is -0.570. The molecule has 0 aliphatic carbocycles. The Morgan fingerprint density at radius 1 is 1.12 bits per heavy atom. The Labute approximate surface area is 99.4 Å². The largest absolute Gasteiger partial charge is 0.339 e. The molecule has 3 heteroatoms. The molecule has 1 aliphatic rings. The number of nitrogens with zero attached hydrogens (tertiary/aromatic N) is 1. The standard InChI is InChI=1S/C13H26N2O/c1-2-3-4-5-6-7-8-9-13(16)15-10-12(14)11-15/h12H,2-11,14H2,1H3. The first kappa shape index (κ1) is 13.5. The third-order valence-electron chi connectivity index (χ3n) is 3.26. The predicted molar refractivity (Wildman–Crippen MR) is 67.2 cm³/mol. The molecule has 0 saturated carbocycles. The van der Waals surface area contributed by atoms with E-state index >= 15 is 0 Å². The van der Waals surface area contributed by atoms with Crippen molar-refractivity contribution < 1.29 is 4.79 Å². The maximum Gasteiger partial charge on any atom is 0.222 e. The Morgan fingerprint density at radius 2 is 1.69 bits per heavy atom. The molecule has 0 atom stereocenters. The third kappa shape index (κ3) is 4.97. The summed E-state index contributed by atoms with van der Waals surface area (Å²) in [4.78, 5) is 13.5. The highest BCUT2D eigenvalue weighted by molar-refractivity contribution is 5.77. The summed E-state index contributed by atoms with van der Waals surface area (Å²) in [6.07, 6.45) is 9.60. The van der Waals surface area contributed by atoms with E-state index in [1.165, 1.54) is 38.5 Å². The summed E-state index contributed by atoms with van der Waals surface area (Å²) in [6.45, 7) is 3.78. The summed E-state index contributed by atoms with van der Waals surface area (Å²) in [6, 6.07) is 0.234. The molecule has 1 aliphatic heterocycles. The van der Waals surface area contributed by atoms with Crippen LogP contribution in [0.3, 0.4) is 0 Å². The number of carbonyl (C=O) groups is 1. The molecule has 0 unspecified atom stereocenters. The molecule has 1 saturated heterocycles. The van der Waals surface area contributed by atoms with Crippen molar-refractivity contribution >= 4 is 5.91 Å². The lowest BCUT2D eigenvalue weighted by molar-refractivity contribution is -0.135. The summed E-state index contributed by atoms with van der Waals surface area (Å²) in [7, 11) is 0. The average molecular weight is 226 g/mol. The van der Waals surface area contributed by atoms with Crippen LogP contribution in [0.5, 0.6) is 0 Å². The molecular formula is C13H26N2O. The van der Waals surface area contributed by atoms with E-state index in [0.29, 0.717) is 5.91 Å². The minimum Gasteiger partial charge on any atom is -0.339 e. The van der Waals surface area contributed by atoms with E-state index in [-0.39, 0.29) is 6.04 Å². The zero-order valence-corrected chi connectivity index (χ0v) is 10.6. The van der Waals surface area contributed by atoms with Crippen molar-refractivity contribution in [2.75, 3.05) is 13.1 Å². The van der Waals surface area contributed by atoms with Crippen LogP contribution in [0.1, 0.15) is 58.3 Å². The van der Waals surface area contributed by atoms with Gasteiger partial charge in [-0.25, -0.2) is 0 Å². The molecular weight excluding hydrogens is 200 g/mol. The topological polar surface area (TPSA) is 46.3 Å². The molecule has 1 fully saturated rings. The molecule has 1 rings (SSSR count). The first-order valence-electron chi connectivity index (χ1n) is 6.77. The third-order valence-corrected chi connectivity index (χ3v) is 3.26. The summed E-state index contributed by atoms with van der Waals surface area (Å²) >= 11 is 0. The van der Waals surface area contributed by atoms with E-state index in [1.54, 1.807) is 0 Å². The second-order valence-electron chi connectivity index (χ2n) is 4.93. The lowest BCUT2D eigenvalue weighted by atomic mass is 10.1. The highest BCUT2D eigenvalue weighted by Crippen LogP contribution is 2.12. The number of unbranched alkanes of at least 4 members (excludes halogenated alkanes) is 6. The van der Waals surface area contributed by atoms with Crippen molar-refractivity contribution in [3.63, 3.8) is 0 Å². The fourth-order valence-corrected chi connectivity index (χ4v) is 2.11. The molecule has 3 nitrogen and oxygen atoms in total. The van der Waals surface area contributed by atoms with Crippen LogP contribution in [0.4, 0.5) is 0 Å². The van der Waals surface area contributed by atoms with Crippen LogP contribution >= 0.6 is 0 Å². The van der Waals surface area contributed by atoms with E-state index in [0.717, 1.165) is 25.9 Å². The van der Waals surface area contributed by atoms with Crippen LogP contribution in [0.15, 0.2) is 0 Å². The summed E-state index contributed by atoms with van der Waals surface area (Å²) in [5.74, 6) is 0.301. The van der Waals surface area contributed by atoms with Gasteiger partial charge in [0.05, 0.1) is 0 Å². The number of nitrogens with two attached hydrogens (primary N) is 1. The van der Waals surface area contributed by atoms with Crippen LogP contribution in [0.25, 0.3) is 0 Å². The van der Waals surface area contributed by atoms with Gasteiger partial charge in [0.15, 0.2) is 0 Å². The van der Waals surface area contributed by atoms with Crippen molar-refractivity contribution in [1.82, 2.24) is 4.90 Å². The molecule has 16 heavy (non-hydrogen) atoms. The van der Waals surface area contributed by atoms with E-state index < -0.39 is 0 Å². The lowest BCUT2D eigenvalue weighted by Crippen LogP contribution is -2.57. The smallest absolute Gasteiger partial charge is 0.222 e. The van der Waals surface area contributed by atoms with Crippen molar-refractivity contribution in [2.24, 2.45) is 5.73 Å². The van der Waals surface area contributed by atoms with Crippen LogP contribution < -0.4 is 5.73 Å². The first-order chi connectivity index (χ1) is 7.74. The van der Waals surface area contributed by atoms with Crippen molar-refractivity contribution in [3.05, 3.63) is 0 Å². The zero-order valence-electron chi connectivity index (χ0n) is 10.6. The Kier molecular flexibility index (Phi) is 6.46. The van der Waals surface area contributed by atoms with Gasteiger partial charge in [0.25, 0.3) is 0 Å². The summed E-state index contributed by atoms with van der Waals surface area (Å²) in [5.41, 5.74) is 5.64. The molecule has 2 N–H and O–H groups in total. The number of rotatable bonds is 8. The summed E-state index contributed by atoms with van der Waals surface area (Å²) in [5, 5.41) is 0. The zero-order chi connectivity index (χ0) is 11.8. The van der Waals surface area contributed by atoms with Gasteiger partial charge in [0.1, 0.15) is 0 Å². The molecule has 1 heterocycles. The van der Waals surface area contributed by atoms with E-state index in [2.05, 4.69) is 6.92 Å². The van der Waals surface area contributed by atoms with Crippen LogP contribution in [0, 0.1) is 0 Å². The molecule has 0 aromatic heterocycles. The fraction of sp³-hybridized carbons (Fsp3) is 0.923. The molecule has 0 aromatic carbocycles. The Morgan fingerprint density at radius 3 is 2.25 bits per heavy atom. The molecule has 0 radical (unpaired) electrons. The van der Waals surface area contributed by atoms with Gasteiger partial charge in [-0.15, -0.1) is 0 Å². The van der Waals surface area contributed by atoms with E-state index in [9.17, 15) is 4.79 Å². The van der Waals surface area contributed by atoms with Crippen molar-refractivity contribution in [1.29, 1.82) is 0 Å². The molecule has 0 spiro atoms. The fourth-order valence-electron chi connectivity index (χ4n) is 2.11. The van der Waals surface area contributed by atoms with E-state index in [1.807, 2.05) is 4.90 Å². The second-order valence-corrected chi connectivity index (χ2v) is 4.93. The number of carbonyl (C=O) groups excluding carboxylic acids is 1. The molecule has 1 amide bonds. The van der Waals surface area contributed by atoms with Gasteiger partial charge in [0, 0.05) is 25.6 Å². The average Bonchev–Trinajstić information content (AvgIpc) is 2.23. The van der Waals surface area contributed by atoms with Gasteiger partial charge >= 0.3 is 0 Å². The summed E-state index contributed by atoms with van der Waals surface area (Å²) < 4.78 is 0. The lowest BCUT2D eigenvalue weighted by Gasteiger charge is -2.36. The highest BCUT2D eigenvalue weighted by Gasteiger charge is 2.26. The number of hydrogen-bond acceptors (Lipinski definition) is 2. The minimum absolute atomic E-state index is 0.234. The highest BCUT2D eigenvalue weighted by atomic mass is 16.2. The monoisotopic (exact) mass is 226 g/mol. The molecule has 94 valence electrons. The second kappa shape index (κ2) is 7.66. The number of likely N-dealkylation sites (tertiary alicyclic amines) is 1. The van der Waals surface area contributed by atoms with Gasteiger partial charge in [0.2, 0.25) is 5.91 Å². The maximum absolute atomic E-state index is 11.6. The van der Waals surface area contributed by atoms with Crippen LogP contribution in [-0.4, -0.2) is 29.9 Å². The molecule has 0 aromatic rings. The first-order valence-corrected chi connectivity index (χ1v) is 6.77. The van der Waals surface area contributed by atoms with Gasteiger partial charge in [-0.3, -0.25) is 4.79 Å². The minimum atomic E-state index is 0.234. The Balaban J connectivity index is 1.85. The number of amides is 1. The number of hydrogen-bond donors (Lipinski definition) is 1. The SMILES string of the molecule is CCCCCCCCCC(=O)N1CC(N)C1. The van der Waals surface area contributed by atoms with Gasteiger partial charge in [-0.1, -0.05) is 45.4 Å². The molecule has 0 bridgehead atoms. The van der Waals surface area contributed by atoms with Crippen molar-refractivity contribution in [3.8, 4) is 0 Å².